The van der Waals surface area contributed by atoms with E-state index in [1.165, 1.54) is 36.5 Å². The van der Waals surface area contributed by atoms with Crippen molar-refractivity contribution in [2.45, 2.75) is 26.2 Å². The number of allylic oxidation sites excluding steroid dienone is 2. The molecular weight excluding hydrogens is 144 g/mol. The maximum Gasteiger partial charge on any atom is -0.0289 e. The van der Waals surface area contributed by atoms with Crippen LogP contribution in [0.4, 0.5) is 0 Å². The minimum atomic E-state index is 1.14. The van der Waals surface area contributed by atoms with E-state index in [0.29, 0.717) is 0 Å². The van der Waals surface area contributed by atoms with Crippen molar-refractivity contribution < 1.29 is 0 Å². The minimum Gasteiger partial charge on any atom is -0.0853 e. The predicted molar refractivity (Wildman–Crippen MR) is 48.5 cm³/mol. The highest BCUT2D eigenvalue weighted by atomic mass is 14.8. The Bertz CT molecular complexity index is 276. The summed E-state index contributed by atoms with van der Waals surface area (Å²) in [6.45, 7) is 2.34. The van der Waals surface area contributed by atoms with Crippen molar-refractivity contribution in [2.24, 2.45) is 35.5 Å². The highest BCUT2D eigenvalue weighted by molar-refractivity contribution is 5.25. The third-order valence-electron chi connectivity index (χ3n) is 5.22. The van der Waals surface area contributed by atoms with Crippen LogP contribution in [-0.4, -0.2) is 0 Å². The largest absolute Gasteiger partial charge is 0.0853 e. The van der Waals surface area contributed by atoms with Crippen LogP contribution in [0.3, 0.4) is 0 Å². The Morgan fingerprint density at radius 2 is 1.92 bits per heavy atom. The molecule has 0 spiro atoms. The van der Waals surface area contributed by atoms with Crippen molar-refractivity contribution in [3.63, 3.8) is 0 Å². The zero-order chi connectivity index (χ0) is 7.87. The molecule has 0 N–H and O–H groups in total. The van der Waals surface area contributed by atoms with Crippen LogP contribution in [0.1, 0.15) is 26.2 Å². The lowest BCUT2D eigenvalue weighted by Gasteiger charge is -2.15. The van der Waals surface area contributed by atoms with Gasteiger partial charge < -0.3 is 0 Å². The van der Waals surface area contributed by atoms with Gasteiger partial charge in [-0.2, -0.15) is 0 Å². The number of hydrogen-bond acceptors (Lipinski definition) is 0. The molecule has 5 aliphatic rings. The smallest absolute Gasteiger partial charge is 0.0289 e. The molecule has 0 aromatic rings. The molecule has 64 valence electrons. The zero-order valence-corrected chi connectivity index (χ0v) is 7.66. The van der Waals surface area contributed by atoms with Gasteiger partial charge in [0.2, 0.25) is 0 Å². The molecule has 4 saturated carbocycles. The predicted octanol–water partition coefficient (Wildman–Crippen LogP) is 2.85. The van der Waals surface area contributed by atoms with Gasteiger partial charge in [0.25, 0.3) is 0 Å². The topological polar surface area (TPSA) is 0 Å². The Balaban J connectivity index is 1.81. The molecule has 6 unspecified atom stereocenters. The van der Waals surface area contributed by atoms with Crippen LogP contribution in [0.2, 0.25) is 0 Å². The van der Waals surface area contributed by atoms with E-state index in [9.17, 15) is 0 Å². The van der Waals surface area contributed by atoms with E-state index in [0.717, 1.165) is 11.8 Å². The maximum absolute atomic E-state index is 2.54. The lowest BCUT2D eigenvalue weighted by molar-refractivity contribution is 0.345. The number of hydrogen-bond donors (Lipinski definition) is 0. The van der Waals surface area contributed by atoms with Crippen LogP contribution in [-0.2, 0) is 0 Å². The molecule has 0 aromatic carbocycles. The molecule has 0 radical (unpaired) electrons. The summed E-state index contributed by atoms with van der Waals surface area (Å²) in [6, 6.07) is 0. The molecule has 0 heterocycles. The summed E-state index contributed by atoms with van der Waals surface area (Å²) < 4.78 is 0. The molecule has 0 aromatic heterocycles. The van der Waals surface area contributed by atoms with E-state index in [2.05, 4.69) is 13.0 Å². The van der Waals surface area contributed by atoms with Crippen LogP contribution in [0.25, 0.3) is 0 Å². The average molecular weight is 160 g/mol. The van der Waals surface area contributed by atoms with Crippen molar-refractivity contribution in [3.8, 4) is 0 Å². The molecular formula is C12H16. The van der Waals surface area contributed by atoms with Crippen LogP contribution in [0.15, 0.2) is 11.6 Å². The van der Waals surface area contributed by atoms with E-state index in [1.54, 1.807) is 12.0 Å². The second-order valence-corrected chi connectivity index (χ2v) is 5.54. The van der Waals surface area contributed by atoms with Gasteiger partial charge in [-0.25, -0.2) is 0 Å². The Morgan fingerprint density at radius 1 is 1.08 bits per heavy atom. The van der Waals surface area contributed by atoms with E-state index in [1.807, 2.05) is 0 Å². The molecule has 5 rings (SSSR count). The molecule has 0 amide bonds. The molecule has 4 fully saturated rings. The normalized spacial score (nSPS) is 64.6. The standard InChI is InChI=1S/C12H16/c1-6-2-3-7-8-5-10-11(7)12(10)9(8)4-6/h2,7-12H,3-5H2,1H3. The summed E-state index contributed by atoms with van der Waals surface area (Å²) in [6.07, 6.45) is 7.05. The summed E-state index contributed by atoms with van der Waals surface area (Å²) in [5.41, 5.74) is 1.69. The molecule has 0 nitrogen and oxygen atoms in total. The van der Waals surface area contributed by atoms with E-state index < -0.39 is 0 Å². The van der Waals surface area contributed by atoms with Crippen LogP contribution in [0, 0.1) is 35.5 Å². The third-order valence-corrected chi connectivity index (χ3v) is 5.22. The van der Waals surface area contributed by atoms with Crippen molar-refractivity contribution >= 4 is 0 Å². The Labute approximate surface area is 74.0 Å². The first-order valence-corrected chi connectivity index (χ1v) is 5.52. The lowest BCUT2D eigenvalue weighted by Crippen LogP contribution is -2.09. The third kappa shape index (κ3) is 0.496. The van der Waals surface area contributed by atoms with Crippen molar-refractivity contribution in [2.75, 3.05) is 0 Å². The highest BCUT2D eigenvalue weighted by Gasteiger charge is 2.72. The monoisotopic (exact) mass is 160 g/mol. The SMILES string of the molecule is CC1=CCC2C3CC4C2C4C3C1. The number of rotatable bonds is 0. The fourth-order valence-corrected chi connectivity index (χ4v) is 4.91. The quantitative estimate of drug-likeness (QED) is 0.478. The Kier molecular flexibility index (Phi) is 0.865. The first-order chi connectivity index (χ1) is 5.86. The van der Waals surface area contributed by atoms with Gasteiger partial charge in [-0.1, -0.05) is 11.6 Å². The zero-order valence-electron chi connectivity index (χ0n) is 7.66. The van der Waals surface area contributed by atoms with Crippen molar-refractivity contribution in [1.82, 2.24) is 0 Å². The molecule has 0 heteroatoms. The molecule has 6 atom stereocenters. The van der Waals surface area contributed by atoms with Gasteiger partial charge in [0.1, 0.15) is 0 Å². The van der Waals surface area contributed by atoms with Gasteiger partial charge in [-0.05, 0) is 61.7 Å². The molecule has 0 aliphatic heterocycles. The van der Waals surface area contributed by atoms with E-state index in [4.69, 9.17) is 0 Å². The fourth-order valence-electron chi connectivity index (χ4n) is 4.91. The van der Waals surface area contributed by atoms with E-state index in [-0.39, 0.29) is 0 Å². The van der Waals surface area contributed by atoms with Gasteiger partial charge in [-0.15, -0.1) is 0 Å². The van der Waals surface area contributed by atoms with Gasteiger partial charge >= 0.3 is 0 Å². The van der Waals surface area contributed by atoms with Crippen LogP contribution in [0.5, 0.6) is 0 Å². The second kappa shape index (κ2) is 1.66. The molecule has 5 aliphatic carbocycles. The van der Waals surface area contributed by atoms with Crippen molar-refractivity contribution in [3.05, 3.63) is 11.6 Å². The summed E-state index contributed by atoms with van der Waals surface area (Å²) in [4.78, 5) is 0. The molecule has 0 saturated heterocycles. The summed E-state index contributed by atoms with van der Waals surface area (Å²) in [5, 5.41) is 0. The first kappa shape index (κ1) is 6.23. The Morgan fingerprint density at radius 3 is 2.75 bits per heavy atom. The first-order valence-electron chi connectivity index (χ1n) is 5.52. The van der Waals surface area contributed by atoms with Gasteiger partial charge in [-0.3, -0.25) is 0 Å². The van der Waals surface area contributed by atoms with Crippen LogP contribution < -0.4 is 0 Å². The lowest BCUT2D eigenvalue weighted by atomic mass is 9.89. The van der Waals surface area contributed by atoms with Crippen LogP contribution >= 0.6 is 0 Å². The average Bonchev–Trinajstić information content (AvgIpc) is 2.36. The second-order valence-electron chi connectivity index (χ2n) is 5.54. The minimum absolute atomic E-state index is 1.14. The molecule has 12 heavy (non-hydrogen) atoms. The fraction of sp³-hybridized carbons (Fsp3) is 0.833. The van der Waals surface area contributed by atoms with Crippen molar-refractivity contribution in [1.29, 1.82) is 0 Å². The van der Waals surface area contributed by atoms with Gasteiger partial charge in [0, 0.05) is 0 Å². The Hall–Kier alpha value is -0.260. The molecule has 6 bridgehead atoms. The van der Waals surface area contributed by atoms with E-state index >= 15 is 0 Å². The maximum atomic E-state index is 2.54. The summed E-state index contributed by atoms with van der Waals surface area (Å²) in [7, 11) is 0. The summed E-state index contributed by atoms with van der Waals surface area (Å²) >= 11 is 0. The van der Waals surface area contributed by atoms with Gasteiger partial charge in [0.15, 0.2) is 0 Å². The van der Waals surface area contributed by atoms with Gasteiger partial charge in [0.05, 0.1) is 0 Å². The highest BCUT2D eigenvalue weighted by Crippen LogP contribution is 2.78. The summed E-state index contributed by atoms with van der Waals surface area (Å²) in [5.74, 6) is 7.09.